The zero-order chi connectivity index (χ0) is 19.3. The number of hydrogen-bond donors (Lipinski definition) is 0. The molecule has 5 nitrogen and oxygen atoms in total. The molecule has 144 valence electrons. The second-order valence-corrected chi connectivity index (χ2v) is 7.63. The van der Waals surface area contributed by atoms with Crippen LogP contribution in [0, 0.1) is 0 Å². The number of hydrogen-bond acceptors (Lipinski definition) is 4. The average molecular weight is 396 g/mol. The Labute approximate surface area is 168 Å². The molecule has 2 aromatic carbocycles. The largest absolute Gasteiger partial charge is 0.441 e. The molecule has 1 atom stereocenters. The second-order valence-electron chi connectivity index (χ2n) is 7.01. The van der Waals surface area contributed by atoms with E-state index in [1.165, 1.54) is 15.7 Å². The van der Waals surface area contributed by atoms with Crippen molar-refractivity contribution in [2.75, 3.05) is 13.1 Å². The molecule has 6 heteroatoms. The van der Waals surface area contributed by atoms with Crippen LogP contribution in [0.15, 0.2) is 63.9 Å². The monoisotopic (exact) mass is 395 g/mol. The van der Waals surface area contributed by atoms with Gasteiger partial charge in [0.1, 0.15) is 0 Å². The highest BCUT2D eigenvalue weighted by molar-refractivity contribution is 6.20. The number of alkyl halides is 1. The van der Waals surface area contributed by atoms with E-state index in [0.29, 0.717) is 18.9 Å². The molecule has 0 amide bonds. The number of benzene rings is 2. The van der Waals surface area contributed by atoms with Gasteiger partial charge in [-0.2, -0.15) is 0 Å². The van der Waals surface area contributed by atoms with Gasteiger partial charge in [-0.05, 0) is 29.2 Å². The normalized spacial score (nSPS) is 15.6. The molecule has 1 unspecified atom stereocenters. The Morgan fingerprint density at radius 1 is 1.04 bits per heavy atom. The lowest BCUT2D eigenvalue weighted by Gasteiger charge is -2.30. The zero-order valence-electron chi connectivity index (χ0n) is 15.5. The third-order valence-corrected chi connectivity index (χ3v) is 5.26. The minimum absolute atomic E-state index is 0.216. The summed E-state index contributed by atoms with van der Waals surface area (Å²) in [6, 6.07) is 18.4. The van der Waals surface area contributed by atoms with E-state index in [9.17, 15) is 4.79 Å². The van der Waals surface area contributed by atoms with Crippen LogP contribution in [0.25, 0.3) is 12.2 Å². The highest BCUT2D eigenvalue weighted by Crippen LogP contribution is 2.19. The standard InChI is InChI=1S/C22H22ClN3O2/c23-20(15-25-13-12-18-8-4-5-9-19(18)14-25)16-26-21(24-28-22(26)27)11-10-17-6-2-1-3-7-17/h1-11,20H,12-16H2. The van der Waals surface area contributed by atoms with Gasteiger partial charge in [0, 0.05) is 26.2 Å². The summed E-state index contributed by atoms with van der Waals surface area (Å²) in [6.07, 6.45) is 4.71. The molecular weight excluding hydrogens is 374 g/mol. The molecule has 0 spiro atoms. The zero-order valence-corrected chi connectivity index (χ0v) is 16.3. The lowest BCUT2D eigenvalue weighted by molar-refractivity contribution is 0.247. The highest BCUT2D eigenvalue weighted by Gasteiger charge is 2.20. The maximum atomic E-state index is 12.1. The maximum absolute atomic E-state index is 12.1. The van der Waals surface area contributed by atoms with Gasteiger partial charge in [-0.25, -0.2) is 4.79 Å². The van der Waals surface area contributed by atoms with Crippen LogP contribution in [0.4, 0.5) is 0 Å². The lowest BCUT2D eigenvalue weighted by Crippen LogP contribution is -2.37. The maximum Gasteiger partial charge on any atom is 0.441 e. The van der Waals surface area contributed by atoms with Crippen LogP contribution >= 0.6 is 11.6 Å². The van der Waals surface area contributed by atoms with E-state index in [2.05, 4.69) is 34.3 Å². The van der Waals surface area contributed by atoms with Crippen molar-refractivity contribution in [3.63, 3.8) is 0 Å². The molecule has 3 aromatic rings. The van der Waals surface area contributed by atoms with Crippen molar-refractivity contribution in [3.05, 3.63) is 87.7 Å². The van der Waals surface area contributed by atoms with Crippen LogP contribution in [0.3, 0.4) is 0 Å². The SMILES string of the molecule is O=c1onc(C=Cc2ccccc2)n1CC(Cl)CN1CCc2ccccc2C1. The Kier molecular flexibility index (Phi) is 5.74. The predicted molar refractivity (Wildman–Crippen MR) is 111 cm³/mol. The Balaban J connectivity index is 1.41. The summed E-state index contributed by atoms with van der Waals surface area (Å²) in [4.78, 5) is 14.4. The topological polar surface area (TPSA) is 51.3 Å². The van der Waals surface area contributed by atoms with Gasteiger partial charge in [-0.15, -0.1) is 11.6 Å². The van der Waals surface area contributed by atoms with Crippen molar-refractivity contribution < 1.29 is 4.52 Å². The average Bonchev–Trinajstić information content (AvgIpc) is 3.06. The summed E-state index contributed by atoms with van der Waals surface area (Å²) in [6.45, 7) is 2.92. The number of rotatable bonds is 6. The van der Waals surface area contributed by atoms with Crippen molar-refractivity contribution in [2.45, 2.75) is 24.9 Å². The number of aromatic nitrogens is 2. The second kappa shape index (κ2) is 8.59. The Morgan fingerprint density at radius 3 is 2.61 bits per heavy atom. The van der Waals surface area contributed by atoms with Gasteiger partial charge in [0.15, 0.2) is 5.82 Å². The molecule has 1 aromatic heterocycles. The van der Waals surface area contributed by atoms with Crippen LogP contribution < -0.4 is 5.76 Å². The van der Waals surface area contributed by atoms with E-state index in [-0.39, 0.29) is 5.38 Å². The third kappa shape index (κ3) is 4.43. The molecule has 0 fully saturated rings. The first kappa shape index (κ1) is 18.7. The van der Waals surface area contributed by atoms with Crippen LogP contribution in [0.5, 0.6) is 0 Å². The molecular formula is C22H22ClN3O2. The first-order valence-corrected chi connectivity index (χ1v) is 9.85. The fraction of sp³-hybridized carbons (Fsp3) is 0.273. The van der Waals surface area contributed by atoms with Crippen molar-refractivity contribution in [1.29, 1.82) is 0 Å². The molecule has 0 aliphatic carbocycles. The lowest BCUT2D eigenvalue weighted by atomic mass is 10.00. The van der Waals surface area contributed by atoms with Gasteiger partial charge in [0.25, 0.3) is 0 Å². The fourth-order valence-electron chi connectivity index (χ4n) is 3.55. The molecule has 0 bridgehead atoms. The van der Waals surface area contributed by atoms with Gasteiger partial charge in [0.05, 0.1) is 5.38 Å². The van der Waals surface area contributed by atoms with Crippen LogP contribution in [0.2, 0.25) is 0 Å². The van der Waals surface area contributed by atoms with Crippen molar-refractivity contribution in [1.82, 2.24) is 14.6 Å². The smallest absolute Gasteiger partial charge is 0.297 e. The van der Waals surface area contributed by atoms with Gasteiger partial charge < -0.3 is 0 Å². The number of fused-ring (bicyclic) bond motifs is 1. The fourth-order valence-corrected chi connectivity index (χ4v) is 3.88. The van der Waals surface area contributed by atoms with Crippen LogP contribution in [-0.2, 0) is 19.5 Å². The minimum Gasteiger partial charge on any atom is -0.297 e. The number of nitrogens with zero attached hydrogens (tertiary/aromatic N) is 3. The van der Waals surface area contributed by atoms with Gasteiger partial charge in [0.2, 0.25) is 0 Å². The summed E-state index contributed by atoms with van der Waals surface area (Å²) < 4.78 is 6.35. The van der Waals surface area contributed by atoms with E-state index in [0.717, 1.165) is 25.1 Å². The quantitative estimate of drug-likeness (QED) is 0.597. The molecule has 0 N–H and O–H groups in total. The number of halogens is 1. The van der Waals surface area contributed by atoms with E-state index in [1.807, 2.05) is 36.4 Å². The van der Waals surface area contributed by atoms with Gasteiger partial charge in [-0.3, -0.25) is 14.0 Å². The van der Waals surface area contributed by atoms with Gasteiger partial charge >= 0.3 is 5.76 Å². The third-order valence-electron chi connectivity index (χ3n) is 4.99. The highest BCUT2D eigenvalue weighted by atomic mass is 35.5. The van der Waals surface area contributed by atoms with Gasteiger partial charge in [-0.1, -0.05) is 65.8 Å². The summed E-state index contributed by atoms with van der Waals surface area (Å²) in [5.74, 6) is -0.00848. The molecule has 1 aliphatic rings. The Hall–Kier alpha value is -2.63. The molecule has 1 aliphatic heterocycles. The van der Waals surface area contributed by atoms with E-state index >= 15 is 0 Å². The summed E-state index contributed by atoms with van der Waals surface area (Å²) in [5.41, 5.74) is 3.79. The molecule has 28 heavy (non-hydrogen) atoms. The first-order chi connectivity index (χ1) is 13.7. The molecule has 2 heterocycles. The van der Waals surface area contributed by atoms with Crippen LogP contribution in [-0.4, -0.2) is 33.1 Å². The first-order valence-electron chi connectivity index (χ1n) is 9.42. The van der Waals surface area contributed by atoms with Crippen molar-refractivity contribution in [3.8, 4) is 0 Å². The summed E-state index contributed by atoms with van der Waals surface area (Å²) in [7, 11) is 0. The summed E-state index contributed by atoms with van der Waals surface area (Å²) in [5, 5.41) is 3.66. The molecule has 0 saturated carbocycles. The van der Waals surface area contributed by atoms with Crippen molar-refractivity contribution in [2.24, 2.45) is 0 Å². The minimum atomic E-state index is -0.484. The van der Waals surface area contributed by atoms with E-state index in [1.54, 1.807) is 6.08 Å². The Morgan fingerprint density at radius 2 is 1.79 bits per heavy atom. The predicted octanol–water partition coefficient (Wildman–Crippen LogP) is 3.67. The van der Waals surface area contributed by atoms with Crippen LogP contribution in [0.1, 0.15) is 22.5 Å². The van der Waals surface area contributed by atoms with Crippen molar-refractivity contribution >= 4 is 23.8 Å². The molecule has 0 saturated heterocycles. The Bertz CT molecular complexity index is 1010. The van der Waals surface area contributed by atoms with E-state index < -0.39 is 5.76 Å². The molecule has 4 rings (SSSR count). The summed E-state index contributed by atoms with van der Waals surface area (Å²) >= 11 is 6.60. The van der Waals surface area contributed by atoms with E-state index in [4.69, 9.17) is 16.1 Å². The molecule has 0 radical (unpaired) electrons.